The second kappa shape index (κ2) is 9.85. The quantitative estimate of drug-likeness (QED) is 0.343. The summed E-state index contributed by atoms with van der Waals surface area (Å²) in [4.78, 5) is 30.2. The molecule has 6 aliphatic rings. The summed E-state index contributed by atoms with van der Waals surface area (Å²) in [7, 11) is 2.20. The third-order valence-electron chi connectivity index (χ3n) is 9.28. The van der Waals surface area contributed by atoms with Crippen molar-refractivity contribution in [2.45, 2.75) is 67.2 Å². The number of aromatic nitrogens is 2. The van der Waals surface area contributed by atoms with Crippen LogP contribution in [0, 0.1) is 0 Å². The van der Waals surface area contributed by atoms with Crippen molar-refractivity contribution in [2.75, 3.05) is 42.7 Å². The van der Waals surface area contributed by atoms with Crippen LogP contribution in [-0.4, -0.2) is 76.2 Å². The lowest BCUT2D eigenvalue weighted by molar-refractivity contribution is -0.137. The fraction of sp³-hybridized carbons (Fsp3) is 0.500. The lowest BCUT2D eigenvalue weighted by atomic mass is 9.88. The number of anilines is 3. The number of nitrogens with zero attached hydrogens (tertiary/aromatic N) is 5. The van der Waals surface area contributed by atoms with Crippen LogP contribution in [0.5, 0.6) is 0 Å². The van der Waals surface area contributed by atoms with Gasteiger partial charge in [0.15, 0.2) is 0 Å². The molecule has 6 heterocycles. The largest absolute Gasteiger partial charge is 0.420 e. The van der Waals surface area contributed by atoms with Crippen LogP contribution in [0.15, 0.2) is 35.4 Å². The van der Waals surface area contributed by atoms with Gasteiger partial charge in [-0.15, -0.1) is 23.1 Å². The Bertz CT molecular complexity index is 1560. The zero-order chi connectivity index (χ0) is 28.7. The topological polar surface area (TPSA) is 64.6 Å². The summed E-state index contributed by atoms with van der Waals surface area (Å²) < 4.78 is 42.5. The lowest BCUT2D eigenvalue weighted by Crippen LogP contribution is -2.67. The first-order chi connectivity index (χ1) is 20.2. The molecule has 3 saturated heterocycles. The average molecular weight is 613 g/mol. The van der Waals surface area contributed by atoms with Crippen molar-refractivity contribution in [3.8, 4) is 10.6 Å². The van der Waals surface area contributed by atoms with E-state index in [0.717, 1.165) is 78.2 Å². The zero-order valence-corrected chi connectivity index (χ0v) is 24.8. The summed E-state index contributed by atoms with van der Waals surface area (Å²) in [5.74, 6) is 1.19. The highest BCUT2D eigenvalue weighted by atomic mass is 32.2. The Morgan fingerprint density at radius 3 is 2.52 bits per heavy atom. The van der Waals surface area contributed by atoms with E-state index in [2.05, 4.69) is 44.3 Å². The molecule has 12 heteroatoms. The number of halogens is 3. The number of fused-ring (bicyclic) bond motifs is 3. The van der Waals surface area contributed by atoms with Crippen molar-refractivity contribution in [1.29, 1.82) is 0 Å². The number of thiophene rings is 1. The SMILES string of the molecule is CN1C2CC1CN(c1ccc(Nc3ncc(C(F)(F)F)c(-c4cc5c(s4)C(=O)N(C4CC4)CCS5)n3)c(C3CC3)c1)C2. The molecule has 42 heavy (non-hydrogen) atoms. The molecule has 2 saturated carbocycles. The fourth-order valence-corrected chi connectivity index (χ4v) is 8.84. The van der Waals surface area contributed by atoms with Crippen LogP contribution in [-0.2, 0) is 6.18 Å². The number of rotatable bonds is 6. The van der Waals surface area contributed by atoms with E-state index in [1.807, 2.05) is 11.0 Å². The van der Waals surface area contributed by atoms with Gasteiger partial charge >= 0.3 is 6.18 Å². The Kier molecular flexibility index (Phi) is 6.28. The summed E-state index contributed by atoms with van der Waals surface area (Å²) in [6.07, 6.45) is 1.66. The molecule has 3 aromatic rings. The number of benzene rings is 1. The molecule has 0 radical (unpaired) electrons. The number of carbonyl (C=O) groups excluding carboxylic acids is 1. The van der Waals surface area contributed by atoms with Crippen LogP contribution in [0.25, 0.3) is 10.6 Å². The molecule has 2 unspecified atom stereocenters. The van der Waals surface area contributed by atoms with Gasteiger partial charge in [-0.1, -0.05) is 0 Å². The van der Waals surface area contributed by atoms with Gasteiger partial charge in [0.1, 0.15) is 10.4 Å². The molecule has 1 N–H and O–H groups in total. The molecule has 9 rings (SSSR count). The van der Waals surface area contributed by atoms with Gasteiger partial charge in [-0.2, -0.15) is 13.2 Å². The van der Waals surface area contributed by atoms with Crippen LogP contribution in [0.3, 0.4) is 0 Å². The molecule has 0 spiro atoms. The Morgan fingerprint density at radius 1 is 1.05 bits per heavy atom. The van der Waals surface area contributed by atoms with E-state index in [1.165, 1.54) is 23.9 Å². The Labute approximate surface area is 250 Å². The first-order valence-electron chi connectivity index (χ1n) is 14.6. The van der Waals surface area contributed by atoms with Gasteiger partial charge in [0.2, 0.25) is 5.95 Å². The first kappa shape index (κ1) is 26.8. The van der Waals surface area contributed by atoms with E-state index in [-0.39, 0.29) is 23.6 Å². The van der Waals surface area contributed by atoms with E-state index in [1.54, 1.807) is 6.07 Å². The van der Waals surface area contributed by atoms with Crippen LogP contribution in [0.2, 0.25) is 0 Å². The predicted molar refractivity (Wildman–Crippen MR) is 159 cm³/mol. The molecule has 1 aromatic carbocycles. The number of hydrogen-bond donors (Lipinski definition) is 1. The molecular formula is C30H31F3N6OS2. The highest BCUT2D eigenvalue weighted by molar-refractivity contribution is 7.99. The van der Waals surface area contributed by atoms with E-state index < -0.39 is 11.7 Å². The number of hydrogen-bond acceptors (Lipinski definition) is 8. The molecule has 2 bridgehead atoms. The number of amides is 1. The summed E-state index contributed by atoms with van der Waals surface area (Å²) in [5, 5.41) is 3.26. The van der Waals surface area contributed by atoms with E-state index in [9.17, 15) is 18.0 Å². The van der Waals surface area contributed by atoms with Gasteiger partial charge < -0.3 is 15.1 Å². The molecule has 2 atom stereocenters. The maximum absolute atomic E-state index is 14.2. The predicted octanol–water partition coefficient (Wildman–Crippen LogP) is 6.45. The van der Waals surface area contributed by atoms with Gasteiger partial charge in [0.05, 0.1) is 10.6 Å². The molecule has 4 aliphatic heterocycles. The third-order valence-corrected chi connectivity index (χ3v) is 11.6. The zero-order valence-electron chi connectivity index (χ0n) is 23.2. The van der Waals surface area contributed by atoms with Gasteiger partial charge in [-0.3, -0.25) is 9.69 Å². The highest BCUT2D eigenvalue weighted by Gasteiger charge is 2.43. The summed E-state index contributed by atoms with van der Waals surface area (Å²) in [6.45, 7) is 2.69. The molecule has 5 fully saturated rings. The second-order valence-corrected chi connectivity index (χ2v) is 14.3. The lowest BCUT2D eigenvalue weighted by Gasteiger charge is -2.55. The number of likely N-dealkylation sites (N-methyl/N-ethyl adjacent to an activating group) is 1. The first-order valence-corrected chi connectivity index (χ1v) is 16.4. The van der Waals surface area contributed by atoms with E-state index in [4.69, 9.17) is 0 Å². The standard InChI is InChI=1S/C30H31F3N6OS2/c1-37-19-10-20(37)15-38(14-19)18-6-7-23(21(11-18)16-2-3-16)35-29-34-13-22(30(31,32)33)26(36-29)24-12-25-27(42-24)28(40)39(8-9-41-25)17-4-5-17/h6-7,11-13,16-17,19-20H,2-5,8-10,14-15H2,1H3,(H,34,35,36). The molecule has 220 valence electrons. The van der Waals surface area contributed by atoms with Gasteiger partial charge in [-0.05, 0) is 74.9 Å². The highest BCUT2D eigenvalue weighted by Crippen LogP contribution is 2.47. The number of piperazine rings is 1. The van der Waals surface area contributed by atoms with Crippen LogP contribution >= 0.6 is 23.1 Å². The maximum Gasteiger partial charge on any atom is 0.420 e. The fourth-order valence-electron chi connectivity index (χ4n) is 6.53. The van der Waals surface area contributed by atoms with Crippen molar-refractivity contribution in [1.82, 2.24) is 19.8 Å². The molecule has 2 aromatic heterocycles. The number of carbonyl (C=O) groups is 1. The van der Waals surface area contributed by atoms with Crippen molar-refractivity contribution in [3.63, 3.8) is 0 Å². The summed E-state index contributed by atoms with van der Waals surface area (Å²) >= 11 is 2.63. The number of piperidine rings is 1. The minimum Gasteiger partial charge on any atom is -0.368 e. The van der Waals surface area contributed by atoms with E-state index in [0.29, 0.717) is 34.3 Å². The van der Waals surface area contributed by atoms with Gasteiger partial charge in [0, 0.05) is 66.0 Å². The second-order valence-electron chi connectivity index (χ2n) is 12.1. The maximum atomic E-state index is 14.2. The number of nitrogens with one attached hydrogen (secondary N) is 1. The normalized spacial score (nSPS) is 24.3. The Balaban J connectivity index is 1.11. The summed E-state index contributed by atoms with van der Waals surface area (Å²) in [5.41, 5.74) is 2.11. The van der Waals surface area contributed by atoms with Crippen LogP contribution in [0.4, 0.5) is 30.5 Å². The minimum atomic E-state index is -4.63. The molecular weight excluding hydrogens is 581 g/mol. The monoisotopic (exact) mass is 612 g/mol. The number of thioether (sulfide) groups is 1. The molecule has 7 nitrogen and oxygen atoms in total. The number of alkyl halides is 3. The van der Waals surface area contributed by atoms with Crippen molar-refractivity contribution in [2.24, 2.45) is 0 Å². The minimum absolute atomic E-state index is 0.0819. The van der Waals surface area contributed by atoms with Crippen LogP contribution in [0.1, 0.15) is 58.8 Å². The van der Waals surface area contributed by atoms with Crippen LogP contribution < -0.4 is 10.2 Å². The Morgan fingerprint density at radius 2 is 1.83 bits per heavy atom. The molecule has 1 amide bonds. The van der Waals surface area contributed by atoms with Crippen molar-refractivity contribution >= 4 is 46.3 Å². The van der Waals surface area contributed by atoms with Gasteiger partial charge in [0.25, 0.3) is 5.91 Å². The van der Waals surface area contributed by atoms with E-state index >= 15 is 0 Å². The third kappa shape index (κ3) is 4.75. The smallest absolute Gasteiger partial charge is 0.368 e. The summed E-state index contributed by atoms with van der Waals surface area (Å²) in [6, 6.07) is 9.50. The molecule has 2 aliphatic carbocycles. The van der Waals surface area contributed by atoms with Crippen molar-refractivity contribution < 1.29 is 18.0 Å². The average Bonchev–Trinajstić information content (AvgIpc) is 3.92. The van der Waals surface area contributed by atoms with Gasteiger partial charge in [-0.25, -0.2) is 9.97 Å². The Hall–Kier alpha value is -2.83. The van der Waals surface area contributed by atoms with Crippen molar-refractivity contribution in [3.05, 3.63) is 46.5 Å².